The highest BCUT2D eigenvalue weighted by molar-refractivity contribution is 5.99. The summed E-state index contributed by atoms with van der Waals surface area (Å²) in [5.41, 5.74) is 3.10. The van der Waals surface area contributed by atoms with E-state index in [1.54, 1.807) is 0 Å². The molecule has 0 saturated carbocycles. The van der Waals surface area contributed by atoms with Gasteiger partial charge in [-0.3, -0.25) is 4.79 Å². The van der Waals surface area contributed by atoms with E-state index in [0.717, 1.165) is 57.4 Å². The number of anilines is 1. The zero-order valence-corrected chi connectivity index (χ0v) is 19.6. The van der Waals surface area contributed by atoms with Crippen LogP contribution in [-0.2, 0) is 11.2 Å². The lowest BCUT2D eigenvalue weighted by molar-refractivity contribution is -0.0754. The van der Waals surface area contributed by atoms with Gasteiger partial charge < -0.3 is 19.9 Å². The molecule has 0 unspecified atom stereocenters. The first-order valence-electron chi connectivity index (χ1n) is 12.0. The summed E-state index contributed by atoms with van der Waals surface area (Å²) in [7, 11) is 3.92. The Balaban J connectivity index is 1.19. The molecule has 0 radical (unpaired) electrons. The highest BCUT2D eigenvalue weighted by atomic mass is 16.5. The van der Waals surface area contributed by atoms with E-state index >= 15 is 0 Å². The van der Waals surface area contributed by atoms with Crippen molar-refractivity contribution in [1.82, 2.24) is 10.2 Å². The number of hydrogen-bond acceptors (Lipinski definition) is 4. The number of aryl methyl sites for hydroxylation is 1. The van der Waals surface area contributed by atoms with E-state index in [1.165, 1.54) is 12.0 Å². The Morgan fingerprint density at radius 1 is 1.06 bits per heavy atom. The number of piperidine rings is 1. The summed E-state index contributed by atoms with van der Waals surface area (Å²) in [4.78, 5) is 17.3. The third kappa shape index (κ3) is 5.70. The molecule has 1 spiro atoms. The number of rotatable bonds is 8. The van der Waals surface area contributed by atoms with Crippen molar-refractivity contribution in [3.63, 3.8) is 0 Å². The Morgan fingerprint density at radius 2 is 1.78 bits per heavy atom. The van der Waals surface area contributed by atoms with E-state index in [2.05, 4.69) is 40.5 Å². The Kier molecular flexibility index (Phi) is 7.48. The number of hydrogen-bond donors (Lipinski definition) is 1. The molecule has 0 aromatic heterocycles. The summed E-state index contributed by atoms with van der Waals surface area (Å²) in [6.45, 7) is 3.98. The Bertz CT molecular complexity index is 875. The van der Waals surface area contributed by atoms with Gasteiger partial charge in [0.25, 0.3) is 5.91 Å². The van der Waals surface area contributed by atoms with Gasteiger partial charge in [-0.25, -0.2) is 0 Å². The van der Waals surface area contributed by atoms with Gasteiger partial charge in [0, 0.05) is 39.4 Å². The predicted octanol–water partition coefficient (Wildman–Crippen LogP) is 4.13. The van der Waals surface area contributed by atoms with E-state index in [0.29, 0.717) is 12.1 Å². The largest absolute Gasteiger partial charge is 0.377 e. The second-order valence-corrected chi connectivity index (χ2v) is 9.51. The lowest BCUT2D eigenvalue weighted by atomic mass is 9.88. The van der Waals surface area contributed by atoms with Crippen molar-refractivity contribution in [1.29, 1.82) is 0 Å². The molecular formula is C27H37N3O2. The molecule has 2 aromatic rings. The number of nitrogens with zero attached hydrogens (tertiary/aromatic N) is 2. The van der Waals surface area contributed by atoms with E-state index < -0.39 is 0 Å². The van der Waals surface area contributed by atoms with Crippen molar-refractivity contribution in [2.45, 2.75) is 50.2 Å². The summed E-state index contributed by atoms with van der Waals surface area (Å²) in [6, 6.07) is 18.5. The van der Waals surface area contributed by atoms with Crippen molar-refractivity contribution in [2.75, 3.05) is 45.2 Å². The van der Waals surface area contributed by atoms with Crippen molar-refractivity contribution in [3.05, 3.63) is 65.7 Å². The van der Waals surface area contributed by atoms with Gasteiger partial charge in [0.15, 0.2) is 0 Å². The van der Waals surface area contributed by atoms with E-state index in [1.807, 2.05) is 43.3 Å². The maximum atomic E-state index is 12.7. The number of amides is 1. The molecule has 5 nitrogen and oxygen atoms in total. The molecule has 4 rings (SSSR count). The average molecular weight is 436 g/mol. The van der Waals surface area contributed by atoms with Gasteiger partial charge in [-0.2, -0.15) is 0 Å². The van der Waals surface area contributed by atoms with Gasteiger partial charge in [0.1, 0.15) is 0 Å². The molecular weight excluding hydrogens is 398 g/mol. The molecule has 2 saturated heterocycles. The highest BCUT2D eigenvalue weighted by Gasteiger charge is 2.42. The standard InChI is InChI=1S/C27H37N3O2/c1-29(2)25-13-7-6-12-24(25)26(31)28-21-23-14-15-27(32-23)16-19-30(20-17-27)18-8-11-22-9-4-3-5-10-22/h3-7,9-10,12-13,23H,8,11,14-21H2,1-2H3,(H,28,31)/t23-/m1/s1. The normalized spacial score (nSPS) is 20.4. The molecule has 1 atom stereocenters. The number of nitrogens with one attached hydrogen (secondary N) is 1. The molecule has 5 heteroatoms. The minimum Gasteiger partial charge on any atom is -0.377 e. The molecule has 0 aliphatic carbocycles. The smallest absolute Gasteiger partial charge is 0.253 e. The first-order valence-corrected chi connectivity index (χ1v) is 12.0. The van der Waals surface area contributed by atoms with Crippen LogP contribution in [0.1, 0.15) is 48.0 Å². The van der Waals surface area contributed by atoms with Crippen molar-refractivity contribution >= 4 is 11.6 Å². The first-order chi connectivity index (χ1) is 15.5. The van der Waals surface area contributed by atoms with Gasteiger partial charge >= 0.3 is 0 Å². The second-order valence-electron chi connectivity index (χ2n) is 9.51. The Labute approximate surface area is 192 Å². The molecule has 32 heavy (non-hydrogen) atoms. The zero-order chi connectivity index (χ0) is 22.4. The van der Waals surface area contributed by atoms with Crippen LogP contribution in [0.3, 0.4) is 0 Å². The minimum absolute atomic E-state index is 0.0207. The third-order valence-corrected chi connectivity index (χ3v) is 7.01. The van der Waals surface area contributed by atoms with Gasteiger partial charge in [-0.05, 0) is 62.8 Å². The van der Waals surface area contributed by atoms with E-state index in [-0.39, 0.29) is 17.6 Å². The fourth-order valence-corrected chi connectivity index (χ4v) is 5.10. The maximum absolute atomic E-state index is 12.7. The molecule has 2 aromatic carbocycles. The summed E-state index contributed by atoms with van der Waals surface area (Å²) >= 11 is 0. The Hall–Kier alpha value is -2.37. The quantitative estimate of drug-likeness (QED) is 0.677. The lowest BCUT2D eigenvalue weighted by Gasteiger charge is -2.39. The number of para-hydroxylation sites is 1. The fraction of sp³-hybridized carbons (Fsp3) is 0.519. The number of ether oxygens (including phenoxy) is 1. The van der Waals surface area contributed by atoms with E-state index in [4.69, 9.17) is 4.74 Å². The van der Waals surface area contributed by atoms with Crippen LogP contribution in [0.25, 0.3) is 0 Å². The monoisotopic (exact) mass is 435 g/mol. The predicted molar refractivity (Wildman–Crippen MR) is 130 cm³/mol. The van der Waals surface area contributed by atoms with E-state index in [9.17, 15) is 4.79 Å². The average Bonchev–Trinajstić information content (AvgIpc) is 3.22. The van der Waals surface area contributed by atoms with Crippen LogP contribution < -0.4 is 10.2 Å². The number of carbonyl (C=O) groups is 1. The molecule has 2 fully saturated rings. The number of carbonyl (C=O) groups excluding carboxylic acids is 1. The molecule has 2 heterocycles. The van der Waals surface area contributed by atoms with Crippen LogP contribution in [-0.4, -0.2) is 62.8 Å². The third-order valence-electron chi connectivity index (χ3n) is 7.01. The first kappa shape index (κ1) is 22.8. The van der Waals surface area contributed by atoms with Crippen LogP contribution >= 0.6 is 0 Å². The molecule has 172 valence electrons. The molecule has 1 N–H and O–H groups in total. The van der Waals surface area contributed by atoms with Gasteiger partial charge in [0.05, 0.1) is 17.3 Å². The fourth-order valence-electron chi connectivity index (χ4n) is 5.10. The SMILES string of the molecule is CN(C)c1ccccc1C(=O)NC[C@H]1CCC2(CCN(CCCc3ccccc3)CC2)O1. The molecule has 2 aliphatic rings. The van der Waals surface area contributed by atoms with Crippen molar-refractivity contribution < 1.29 is 9.53 Å². The Morgan fingerprint density at radius 3 is 2.53 bits per heavy atom. The van der Waals surface area contributed by atoms with Crippen LogP contribution in [0, 0.1) is 0 Å². The minimum atomic E-state index is -0.0212. The van der Waals surface area contributed by atoms with Crippen LogP contribution in [0.15, 0.2) is 54.6 Å². The van der Waals surface area contributed by atoms with Crippen LogP contribution in [0.4, 0.5) is 5.69 Å². The lowest BCUT2D eigenvalue weighted by Crippen LogP contribution is -2.45. The van der Waals surface area contributed by atoms with Gasteiger partial charge in [0.2, 0.25) is 0 Å². The highest BCUT2D eigenvalue weighted by Crippen LogP contribution is 2.38. The summed E-state index contributed by atoms with van der Waals surface area (Å²) in [5.74, 6) is -0.0212. The second kappa shape index (κ2) is 10.5. The van der Waals surface area contributed by atoms with Gasteiger partial charge in [-0.1, -0.05) is 42.5 Å². The number of benzene rings is 2. The zero-order valence-electron chi connectivity index (χ0n) is 19.6. The summed E-state index contributed by atoms with van der Waals surface area (Å²) in [5, 5.41) is 3.11. The van der Waals surface area contributed by atoms with Crippen molar-refractivity contribution in [3.8, 4) is 0 Å². The maximum Gasteiger partial charge on any atom is 0.253 e. The van der Waals surface area contributed by atoms with Crippen LogP contribution in [0.2, 0.25) is 0 Å². The molecule has 2 aliphatic heterocycles. The van der Waals surface area contributed by atoms with Crippen LogP contribution in [0.5, 0.6) is 0 Å². The van der Waals surface area contributed by atoms with Gasteiger partial charge in [-0.15, -0.1) is 0 Å². The summed E-state index contributed by atoms with van der Waals surface area (Å²) < 4.78 is 6.52. The van der Waals surface area contributed by atoms with Crippen molar-refractivity contribution in [2.24, 2.45) is 0 Å². The number of likely N-dealkylation sites (tertiary alicyclic amines) is 1. The summed E-state index contributed by atoms with van der Waals surface area (Å²) in [6.07, 6.45) is 6.83. The molecule has 0 bridgehead atoms. The topological polar surface area (TPSA) is 44.8 Å². The molecule has 1 amide bonds.